The van der Waals surface area contributed by atoms with Gasteiger partial charge in [-0.1, -0.05) is 12.1 Å². The van der Waals surface area contributed by atoms with Gasteiger partial charge in [0.1, 0.15) is 0 Å². The van der Waals surface area contributed by atoms with E-state index in [0.717, 1.165) is 24.0 Å². The Kier molecular flexibility index (Phi) is 6.31. The Labute approximate surface area is 151 Å². The van der Waals surface area contributed by atoms with Gasteiger partial charge in [0.05, 0.1) is 11.9 Å². The second-order valence-electron chi connectivity index (χ2n) is 5.95. The summed E-state index contributed by atoms with van der Waals surface area (Å²) in [5.74, 6) is -2.45. The predicted octanol–water partition coefficient (Wildman–Crippen LogP) is 3.46. The first-order valence-corrected chi connectivity index (χ1v) is 9.81. The van der Waals surface area contributed by atoms with E-state index >= 15 is 0 Å². The molecule has 1 N–H and O–H groups in total. The van der Waals surface area contributed by atoms with Gasteiger partial charge >= 0.3 is 0 Å². The number of hydrogen-bond donors (Lipinski definition) is 1. The van der Waals surface area contributed by atoms with Crippen LogP contribution in [0.4, 0.5) is 20.2 Å². The minimum Gasteiger partial charge on any atom is -0.326 e. The number of halogens is 2. The third-order valence-electron chi connectivity index (χ3n) is 3.66. The molecule has 2 rings (SSSR count). The van der Waals surface area contributed by atoms with Crippen LogP contribution in [0.5, 0.6) is 0 Å². The number of amides is 1. The molecule has 0 bridgehead atoms. The molecule has 0 saturated heterocycles. The van der Waals surface area contributed by atoms with E-state index in [9.17, 15) is 22.0 Å². The number of nitrogens with zero attached hydrogens (tertiary/aromatic N) is 1. The molecule has 0 radical (unpaired) electrons. The minimum absolute atomic E-state index is 0.0385. The third kappa shape index (κ3) is 5.52. The SMILES string of the molecule is Cc1cccc(N(CCCC(=O)Nc2ccc(F)c(F)c2)S(C)(=O)=O)c1. The number of aryl methyl sites for hydroxylation is 1. The van der Waals surface area contributed by atoms with Crippen molar-refractivity contribution in [2.75, 3.05) is 22.4 Å². The van der Waals surface area contributed by atoms with E-state index in [2.05, 4.69) is 5.32 Å². The van der Waals surface area contributed by atoms with Gasteiger partial charge in [0.15, 0.2) is 11.6 Å². The highest BCUT2D eigenvalue weighted by Crippen LogP contribution is 2.20. The van der Waals surface area contributed by atoms with Crippen molar-refractivity contribution in [3.63, 3.8) is 0 Å². The normalized spacial score (nSPS) is 11.2. The number of rotatable bonds is 7. The van der Waals surface area contributed by atoms with Gasteiger partial charge in [0.25, 0.3) is 0 Å². The van der Waals surface area contributed by atoms with Crippen LogP contribution in [0.2, 0.25) is 0 Å². The number of carbonyl (C=O) groups is 1. The number of benzene rings is 2. The summed E-state index contributed by atoms with van der Waals surface area (Å²) in [6.07, 6.45) is 1.42. The summed E-state index contributed by atoms with van der Waals surface area (Å²) < 4.78 is 51.3. The fraction of sp³-hybridized carbons (Fsp3) is 0.278. The molecule has 2 aromatic rings. The molecular formula is C18H20F2N2O3S. The van der Waals surface area contributed by atoms with Gasteiger partial charge in [-0.25, -0.2) is 17.2 Å². The summed E-state index contributed by atoms with van der Waals surface area (Å²) in [4.78, 5) is 11.9. The Morgan fingerprint density at radius 3 is 2.46 bits per heavy atom. The third-order valence-corrected chi connectivity index (χ3v) is 4.85. The lowest BCUT2D eigenvalue weighted by Crippen LogP contribution is -2.31. The quantitative estimate of drug-likeness (QED) is 0.798. The lowest BCUT2D eigenvalue weighted by molar-refractivity contribution is -0.116. The molecule has 26 heavy (non-hydrogen) atoms. The second-order valence-corrected chi connectivity index (χ2v) is 7.86. The lowest BCUT2D eigenvalue weighted by atomic mass is 10.2. The van der Waals surface area contributed by atoms with Crippen LogP contribution in [0, 0.1) is 18.6 Å². The molecule has 2 aromatic carbocycles. The zero-order chi connectivity index (χ0) is 19.3. The zero-order valence-corrected chi connectivity index (χ0v) is 15.3. The van der Waals surface area contributed by atoms with Crippen molar-refractivity contribution in [2.45, 2.75) is 19.8 Å². The molecule has 8 heteroatoms. The van der Waals surface area contributed by atoms with Crippen LogP contribution in [0.25, 0.3) is 0 Å². The van der Waals surface area contributed by atoms with Crippen molar-refractivity contribution in [3.8, 4) is 0 Å². The highest BCUT2D eigenvalue weighted by Gasteiger charge is 2.17. The largest absolute Gasteiger partial charge is 0.326 e. The van der Waals surface area contributed by atoms with Crippen molar-refractivity contribution in [2.24, 2.45) is 0 Å². The van der Waals surface area contributed by atoms with Crippen LogP contribution in [0.15, 0.2) is 42.5 Å². The second kappa shape index (κ2) is 8.27. The van der Waals surface area contributed by atoms with Crippen molar-refractivity contribution < 1.29 is 22.0 Å². The fourth-order valence-electron chi connectivity index (χ4n) is 2.45. The summed E-state index contributed by atoms with van der Waals surface area (Å²) >= 11 is 0. The van der Waals surface area contributed by atoms with Gasteiger partial charge in [-0.15, -0.1) is 0 Å². The lowest BCUT2D eigenvalue weighted by Gasteiger charge is -2.22. The monoisotopic (exact) mass is 382 g/mol. The maximum Gasteiger partial charge on any atom is 0.232 e. The summed E-state index contributed by atoms with van der Waals surface area (Å²) in [6, 6.07) is 10.1. The molecule has 0 aromatic heterocycles. The van der Waals surface area contributed by atoms with E-state index in [-0.39, 0.29) is 25.1 Å². The molecule has 0 atom stereocenters. The van der Waals surface area contributed by atoms with Gasteiger partial charge in [0, 0.05) is 24.7 Å². The van der Waals surface area contributed by atoms with Gasteiger partial charge in [-0.2, -0.15) is 0 Å². The fourth-order valence-corrected chi connectivity index (χ4v) is 3.41. The van der Waals surface area contributed by atoms with E-state index < -0.39 is 27.6 Å². The van der Waals surface area contributed by atoms with E-state index in [1.165, 1.54) is 10.4 Å². The first-order valence-electron chi connectivity index (χ1n) is 7.96. The van der Waals surface area contributed by atoms with E-state index in [1.807, 2.05) is 13.0 Å². The molecule has 1 amide bonds. The topological polar surface area (TPSA) is 66.5 Å². The van der Waals surface area contributed by atoms with Crippen LogP contribution in [-0.2, 0) is 14.8 Å². The predicted molar refractivity (Wildman–Crippen MR) is 97.6 cm³/mol. The molecule has 0 heterocycles. The van der Waals surface area contributed by atoms with Gasteiger partial charge < -0.3 is 5.32 Å². The maximum atomic E-state index is 13.1. The van der Waals surface area contributed by atoms with E-state index in [0.29, 0.717) is 5.69 Å². The summed E-state index contributed by atoms with van der Waals surface area (Å²) in [5.41, 5.74) is 1.60. The molecule has 0 aliphatic carbocycles. The number of sulfonamides is 1. The zero-order valence-electron chi connectivity index (χ0n) is 14.5. The van der Waals surface area contributed by atoms with E-state index in [4.69, 9.17) is 0 Å². The molecule has 0 spiro atoms. The summed E-state index contributed by atoms with van der Waals surface area (Å²) in [6.45, 7) is 1.99. The standard InChI is InChI=1S/C18H20F2N2O3S/c1-13-5-3-6-15(11-13)22(26(2,24)25)10-4-7-18(23)21-14-8-9-16(19)17(20)12-14/h3,5-6,8-9,11-12H,4,7,10H2,1-2H3,(H,21,23). The van der Waals surface area contributed by atoms with Gasteiger partial charge in [-0.3, -0.25) is 9.10 Å². The van der Waals surface area contributed by atoms with Crippen molar-refractivity contribution in [1.82, 2.24) is 0 Å². The average molecular weight is 382 g/mol. The summed E-state index contributed by atoms with van der Waals surface area (Å²) in [7, 11) is -3.49. The van der Waals surface area contributed by atoms with Crippen molar-refractivity contribution in [3.05, 3.63) is 59.7 Å². The van der Waals surface area contributed by atoms with Crippen LogP contribution >= 0.6 is 0 Å². The van der Waals surface area contributed by atoms with Crippen LogP contribution in [0.3, 0.4) is 0 Å². The van der Waals surface area contributed by atoms with Gasteiger partial charge in [-0.05, 0) is 43.2 Å². The number of hydrogen-bond acceptors (Lipinski definition) is 3. The molecule has 5 nitrogen and oxygen atoms in total. The maximum absolute atomic E-state index is 13.1. The Morgan fingerprint density at radius 1 is 1.12 bits per heavy atom. The summed E-state index contributed by atoms with van der Waals surface area (Å²) in [5, 5.41) is 2.46. The van der Waals surface area contributed by atoms with Crippen LogP contribution < -0.4 is 9.62 Å². The highest BCUT2D eigenvalue weighted by molar-refractivity contribution is 7.92. The molecule has 0 saturated carbocycles. The average Bonchev–Trinajstić information content (AvgIpc) is 2.54. The molecule has 0 fully saturated rings. The number of nitrogens with one attached hydrogen (secondary N) is 1. The van der Waals surface area contributed by atoms with Crippen molar-refractivity contribution >= 4 is 27.3 Å². The van der Waals surface area contributed by atoms with Crippen LogP contribution in [0.1, 0.15) is 18.4 Å². The first kappa shape index (κ1) is 19.8. The Hall–Kier alpha value is -2.48. The Morgan fingerprint density at radius 2 is 1.85 bits per heavy atom. The molecule has 0 aliphatic heterocycles. The van der Waals surface area contributed by atoms with E-state index in [1.54, 1.807) is 18.2 Å². The first-order chi connectivity index (χ1) is 12.2. The highest BCUT2D eigenvalue weighted by atomic mass is 32.2. The molecule has 0 unspecified atom stereocenters. The Balaban J connectivity index is 1.96. The molecule has 0 aliphatic rings. The Bertz CT molecular complexity index is 901. The van der Waals surface area contributed by atoms with Crippen LogP contribution in [-0.4, -0.2) is 27.1 Å². The number of carbonyl (C=O) groups excluding carboxylic acids is 1. The smallest absolute Gasteiger partial charge is 0.232 e. The molecule has 140 valence electrons. The van der Waals surface area contributed by atoms with Gasteiger partial charge in [0.2, 0.25) is 15.9 Å². The number of anilines is 2. The minimum atomic E-state index is -3.49. The van der Waals surface area contributed by atoms with Crippen molar-refractivity contribution in [1.29, 1.82) is 0 Å². The molecular weight excluding hydrogens is 362 g/mol.